The zero-order valence-corrected chi connectivity index (χ0v) is 12.9. The third-order valence-electron chi connectivity index (χ3n) is 4.19. The highest BCUT2D eigenvalue weighted by atomic mass is 16.5. The highest BCUT2D eigenvalue weighted by molar-refractivity contribution is 5.34. The molecule has 0 saturated heterocycles. The molecule has 0 spiro atoms. The maximum absolute atomic E-state index is 6.17. The lowest BCUT2D eigenvalue weighted by Crippen LogP contribution is -2.26. The van der Waals surface area contributed by atoms with E-state index in [1.54, 1.807) is 0 Å². The molecule has 22 heavy (non-hydrogen) atoms. The molecule has 112 valence electrons. The SMILES string of the molecule is C(#C[C@@H]1CCCC[C@H]1OCc1ccccc1)c1ccccc1. The van der Waals surface area contributed by atoms with E-state index in [2.05, 4.69) is 48.2 Å². The van der Waals surface area contributed by atoms with Crippen LogP contribution in [0.15, 0.2) is 60.7 Å². The predicted octanol–water partition coefficient (Wildman–Crippen LogP) is 4.81. The Bertz CT molecular complexity index is 621. The first-order valence-corrected chi connectivity index (χ1v) is 8.14. The van der Waals surface area contributed by atoms with E-state index >= 15 is 0 Å². The molecule has 0 aliphatic heterocycles. The minimum absolute atomic E-state index is 0.269. The monoisotopic (exact) mass is 290 g/mol. The second-order valence-electron chi connectivity index (χ2n) is 5.86. The van der Waals surface area contributed by atoms with Crippen molar-refractivity contribution in [2.24, 2.45) is 5.92 Å². The van der Waals surface area contributed by atoms with E-state index in [9.17, 15) is 0 Å². The molecular formula is C21H22O. The first-order valence-electron chi connectivity index (χ1n) is 8.14. The summed E-state index contributed by atoms with van der Waals surface area (Å²) < 4.78 is 6.17. The van der Waals surface area contributed by atoms with E-state index in [1.165, 1.54) is 18.4 Å². The van der Waals surface area contributed by atoms with Crippen molar-refractivity contribution in [3.05, 3.63) is 71.8 Å². The number of hydrogen-bond acceptors (Lipinski definition) is 1. The summed E-state index contributed by atoms with van der Waals surface area (Å²) >= 11 is 0. The number of benzene rings is 2. The predicted molar refractivity (Wildman–Crippen MR) is 90.3 cm³/mol. The third kappa shape index (κ3) is 4.23. The van der Waals surface area contributed by atoms with E-state index < -0.39 is 0 Å². The average Bonchev–Trinajstić information content (AvgIpc) is 2.61. The molecule has 0 unspecified atom stereocenters. The standard InChI is InChI=1S/C21H22O/c1-3-9-18(10-4-1)15-16-20-13-7-8-14-21(20)22-17-19-11-5-2-6-12-19/h1-6,9-12,20-21H,7-8,13-14,17H2/t20-,21+/m0/s1. The molecule has 0 amide bonds. The fraction of sp³-hybridized carbons (Fsp3) is 0.333. The van der Waals surface area contributed by atoms with Gasteiger partial charge in [-0.2, -0.15) is 0 Å². The second-order valence-corrected chi connectivity index (χ2v) is 5.86. The van der Waals surface area contributed by atoms with Crippen LogP contribution in [0.5, 0.6) is 0 Å². The molecule has 0 aromatic heterocycles. The Labute approximate surface area is 133 Å². The molecular weight excluding hydrogens is 268 g/mol. The number of ether oxygens (including phenoxy) is 1. The van der Waals surface area contributed by atoms with Crippen LogP contribution in [0, 0.1) is 17.8 Å². The highest BCUT2D eigenvalue weighted by Crippen LogP contribution is 2.27. The largest absolute Gasteiger partial charge is 0.372 e. The second kappa shape index (κ2) is 7.82. The van der Waals surface area contributed by atoms with Crippen molar-refractivity contribution in [1.82, 2.24) is 0 Å². The molecule has 3 rings (SSSR count). The summed E-state index contributed by atoms with van der Waals surface area (Å²) in [6, 6.07) is 20.6. The Hall–Kier alpha value is -2.04. The van der Waals surface area contributed by atoms with Gasteiger partial charge in [0, 0.05) is 11.5 Å². The summed E-state index contributed by atoms with van der Waals surface area (Å²) in [4.78, 5) is 0. The molecule has 0 radical (unpaired) electrons. The molecule has 1 heteroatoms. The van der Waals surface area contributed by atoms with Gasteiger partial charge in [0.2, 0.25) is 0 Å². The van der Waals surface area contributed by atoms with Gasteiger partial charge in [0.15, 0.2) is 0 Å². The molecule has 1 fully saturated rings. The minimum Gasteiger partial charge on any atom is -0.372 e. The molecule has 1 aliphatic rings. The van der Waals surface area contributed by atoms with Gasteiger partial charge in [-0.05, 0) is 30.5 Å². The van der Waals surface area contributed by atoms with E-state index in [0.717, 1.165) is 18.4 Å². The number of rotatable bonds is 3. The van der Waals surface area contributed by atoms with Crippen LogP contribution in [0.4, 0.5) is 0 Å². The maximum atomic E-state index is 6.17. The smallest absolute Gasteiger partial charge is 0.0721 e. The summed E-state index contributed by atoms with van der Waals surface area (Å²) in [6.45, 7) is 0.690. The van der Waals surface area contributed by atoms with Gasteiger partial charge in [-0.1, -0.05) is 73.2 Å². The molecule has 0 bridgehead atoms. The molecule has 2 atom stereocenters. The molecule has 1 aliphatic carbocycles. The Morgan fingerprint density at radius 2 is 1.55 bits per heavy atom. The first kappa shape index (κ1) is 14.9. The zero-order chi connectivity index (χ0) is 15.0. The highest BCUT2D eigenvalue weighted by Gasteiger charge is 2.24. The van der Waals surface area contributed by atoms with E-state index in [4.69, 9.17) is 4.74 Å². The van der Waals surface area contributed by atoms with Gasteiger partial charge in [0.05, 0.1) is 12.7 Å². The summed E-state index contributed by atoms with van der Waals surface area (Å²) in [5.74, 6) is 7.12. The van der Waals surface area contributed by atoms with Crippen molar-refractivity contribution < 1.29 is 4.74 Å². The van der Waals surface area contributed by atoms with Crippen molar-refractivity contribution in [2.45, 2.75) is 38.4 Å². The van der Waals surface area contributed by atoms with Crippen LogP contribution < -0.4 is 0 Å². The minimum atomic E-state index is 0.269. The van der Waals surface area contributed by atoms with Crippen LogP contribution >= 0.6 is 0 Å². The van der Waals surface area contributed by atoms with Gasteiger partial charge in [-0.3, -0.25) is 0 Å². The first-order chi connectivity index (χ1) is 10.9. The summed E-state index contributed by atoms with van der Waals surface area (Å²) in [7, 11) is 0. The molecule has 1 nitrogen and oxygen atoms in total. The summed E-state index contributed by atoms with van der Waals surface area (Å²) in [5.41, 5.74) is 2.33. The lowest BCUT2D eigenvalue weighted by Gasteiger charge is -2.28. The Balaban J connectivity index is 1.63. The maximum Gasteiger partial charge on any atom is 0.0721 e. The van der Waals surface area contributed by atoms with E-state index in [1.807, 2.05) is 24.3 Å². The molecule has 0 N–H and O–H groups in total. The Morgan fingerprint density at radius 3 is 2.32 bits per heavy atom. The van der Waals surface area contributed by atoms with E-state index in [0.29, 0.717) is 12.5 Å². The van der Waals surface area contributed by atoms with Crippen LogP contribution in [0.1, 0.15) is 36.8 Å². The fourth-order valence-corrected chi connectivity index (χ4v) is 2.94. The van der Waals surface area contributed by atoms with Gasteiger partial charge in [0.1, 0.15) is 0 Å². The quantitative estimate of drug-likeness (QED) is 0.737. The van der Waals surface area contributed by atoms with Crippen LogP contribution in [0.25, 0.3) is 0 Å². The summed E-state index contributed by atoms with van der Waals surface area (Å²) in [6.07, 6.45) is 5.06. The van der Waals surface area contributed by atoms with Crippen molar-refractivity contribution >= 4 is 0 Å². The third-order valence-corrected chi connectivity index (χ3v) is 4.19. The molecule has 1 saturated carbocycles. The zero-order valence-electron chi connectivity index (χ0n) is 12.9. The van der Waals surface area contributed by atoms with Gasteiger partial charge in [-0.15, -0.1) is 0 Å². The Kier molecular flexibility index (Phi) is 5.29. The topological polar surface area (TPSA) is 9.23 Å². The Morgan fingerprint density at radius 1 is 0.864 bits per heavy atom. The lowest BCUT2D eigenvalue weighted by atomic mass is 9.86. The number of hydrogen-bond donors (Lipinski definition) is 0. The van der Waals surface area contributed by atoms with Crippen molar-refractivity contribution in [1.29, 1.82) is 0 Å². The van der Waals surface area contributed by atoms with Gasteiger partial charge in [0.25, 0.3) is 0 Å². The van der Waals surface area contributed by atoms with Gasteiger partial charge >= 0.3 is 0 Å². The lowest BCUT2D eigenvalue weighted by molar-refractivity contribution is -0.00438. The van der Waals surface area contributed by atoms with Crippen LogP contribution in [-0.2, 0) is 11.3 Å². The fourth-order valence-electron chi connectivity index (χ4n) is 2.94. The summed E-state index contributed by atoms with van der Waals surface area (Å²) in [5, 5.41) is 0. The van der Waals surface area contributed by atoms with Crippen molar-refractivity contribution in [3.8, 4) is 11.8 Å². The van der Waals surface area contributed by atoms with Crippen molar-refractivity contribution in [2.75, 3.05) is 0 Å². The molecule has 2 aromatic rings. The van der Waals surface area contributed by atoms with Crippen LogP contribution in [0.3, 0.4) is 0 Å². The van der Waals surface area contributed by atoms with Crippen LogP contribution in [0.2, 0.25) is 0 Å². The van der Waals surface area contributed by atoms with Gasteiger partial charge in [-0.25, -0.2) is 0 Å². The molecule has 2 aromatic carbocycles. The van der Waals surface area contributed by atoms with Crippen LogP contribution in [-0.4, -0.2) is 6.10 Å². The normalized spacial score (nSPS) is 20.9. The van der Waals surface area contributed by atoms with Gasteiger partial charge < -0.3 is 4.74 Å². The van der Waals surface area contributed by atoms with Crippen molar-refractivity contribution in [3.63, 3.8) is 0 Å². The molecule has 0 heterocycles. The average molecular weight is 290 g/mol. The van der Waals surface area contributed by atoms with E-state index in [-0.39, 0.29) is 6.10 Å².